The molecular weight excluding hydrogens is 542 g/mol. The Morgan fingerprint density at radius 1 is 1.23 bits per heavy atom. The highest BCUT2D eigenvalue weighted by molar-refractivity contribution is 7.59. The van der Waals surface area contributed by atoms with Crippen LogP contribution in [-0.4, -0.2) is 54.9 Å². The van der Waals surface area contributed by atoms with E-state index in [1.807, 2.05) is 0 Å². The lowest BCUT2D eigenvalue weighted by Gasteiger charge is -2.32. The fourth-order valence-electron chi connectivity index (χ4n) is 3.91. The van der Waals surface area contributed by atoms with Gasteiger partial charge in [0.2, 0.25) is 7.44 Å². The number of carbonyl (C=O) groups is 1. The molecule has 3 atom stereocenters. The first kappa shape index (κ1) is 30.3. The van der Waals surface area contributed by atoms with Crippen LogP contribution in [-0.2, 0) is 20.6 Å². The number of nitrogen functional groups attached to an aromatic ring is 1. The summed E-state index contributed by atoms with van der Waals surface area (Å²) < 4.78 is 63.3. The van der Waals surface area contributed by atoms with Crippen molar-refractivity contribution in [1.29, 1.82) is 0 Å². The van der Waals surface area contributed by atoms with Crippen molar-refractivity contribution >= 4 is 30.4 Å². The maximum atomic E-state index is 14.0. The zero-order chi connectivity index (χ0) is 29.2. The van der Waals surface area contributed by atoms with Gasteiger partial charge in [0, 0.05) is 6.04 Å². The number of carboxylic acid groups (broad SMARTS) is 1. The minimum atomic E-state index is -4.84. The summed E-state index contributed by atoms with van der Waals surface area (Å²) in [6.45, 7) is 7.95. The molecule has 0 aliphatic rings. The third kappa shape index (κ3) is 7.88. The molecule has 39 heavy (non-hydrogen) atoms. The predicted octanol–water partition coefficient (Wildman–Crippen LogP) is 3.97. The Labute approximate surface area is 222 Å². The van der Waals surface area contributed by atoms with Crippen molar-refractivity contribution in [3.8, 4) is 5.75 Å². The Bertz CT molecular complexity index is 1380. The average Bonchev–Trinajstić information content (AvgIpc) is 3.20. The van der Waals surface area contributed by atoms with Gasteiger partial charge >= 0.3 is 12.3 Å². The highest BCUT2D eigenvalue weighted by Crippen LogP contribution is 2.43. The minimum Gasteiger partial charge on any atom is -0.480 e. The van der Waals surface area contributed by atoms with Gasteiger partial charge in [-0.1, -0.05) is 6.07 Å². The summed E-state index contributed by atoms with van der Waals surface area (Å²) in [6, 6.07) is 3.12. The number of fused-ring (bicyclic) bond motifs is 1. The molecule has 16 heteroatoms. The molecule has 0 spiro atoms. The Morgan fingerprint density at radius 2 is 1.92 bits per heavy atom. The maximum Gasteiger partial charge on any atom is 0.573 e. The first-order valence-electron chi connectivity index (χ1n) is 11.8. The summed E-state index contributed by atoms with van der Waals surface area (Å²) >= 11 is 0. The largest absolute Gasteiger partial charge is 0.573 e. The van der Waals surface area contributed by atoms with Crippen molar-refractivity contribution in [3.63, 3.8) is 0 Å². The topological polar surface area (TPSA) is 167 Å². The van der Waals surface area contributed by atoms with Gasteiger partial charge in [-0.3, -0.25) is 9.36 Å². The van der Waals surface area contributed by atoms with E-state index >= 15 is 0 Å². The molecule has 0 fully saturated rings. The summed E-state index contributed by atoms with van der Waals surface area (Å²) in [7, 11) is -3.77. The summed E-state index contributed by atoms with van der Waals surface area (Å²) in [5, 5.41) is 15.2. The zero-order valence-corrected chi connectivity index (χ0v) is 22.9. The second kappa shape index (κ2) is 11.5. The smallest absolute Gasteiger partial charge is 0.480 e. The summed E-state index contributed by atoms with van der Waals surface area (Å²) in [4.78, 5) is 24.0. The number of aromatic nitrogens is 4. The van der Waals surface area contributed by atoms with E-state index in [0.29, 0.717) is 22.3 Å². The number of nitrogens with one attached hydrogen (secondary N) is 2. The van der Waals surface area contributed by atoms with Gasteiger partial charge in [0.15, 0.2) is 11.5 Å². The van der Waals surface area contributed by atoms with E-state index in [1.165, 1.54) is 38.6 Å². The van der Waals surface area contributed by atoms with Gasteiger partial charge in [-0.15, -0.1) is 13.2 Å². The van der Waals surface area contributed by atoms with E-state index in [9.17, 15) is 27.6 Å². The van der Waals surface area contributed by atoms with Crippen molar-refractivity contribution in [2.75, 3.05) is 12.1 Å². The molecule has 3 rings (SSSR count). The van der Waals surface area contributed by atoms with Crippen LogP contribution in [0.5, 0.6) is 5.75 Å². The SMILES string of the molecule is Cc1cc(OC(F)(F)F)ccc1C(C)NP(=O)(COC(C)Cn1cnc2c(N)ncnc21)NC(C)(C)C(=O)O. The number of nitrogens with two attached hydrogens (primary N) is 1. The van der Waals surface area contributed by atoms with Crippen molar-refractivity contribution in [1.82, 2.24) is 29.7 Å². The highest BCUT2D eigenvalue weighted by Gasteiger charge is 2.38. The van der Waals surface area contributed by atoms with Gasteiger partial charge in [-0.2, -0.15) is 0 Å². The van der Waals surface area contributed by atoms with Gasteiger partial charge in [-0.05, 0) is 57.9 Å². The van der Waals surface area contributed by atoms with Gasteiger partial charge in [-0.25, -0.2) is 25.1 Å². The maximum absolute atomic E-state index is 14.0. The number of alkyl halides is 3. The number of rotatable bonds is 12. The molecule has 0 bridgehead atoms. The fraction of sp³-hybridized carbons (Fsp3) is 0.478. The quantitative estimate of drug-likeness (QED) is 0.232. The molecule has 214 valence electrons. The van der Waals surface area contributed by atoms with Crippen LogP contribution in [0.4, 0.5) is 19.0 Å². The standard InChI is InChI=1S/C23H31F3N7O5P/c1-13-8-16(38-23(24,25)26)6-7-17(13)15(3)31-39(36,32-22(4,5)21(34)35)12-37-14(2)9-33-11-30-18-19(27)28-10-29-20(18)33/h6-8,10-11,14-15H,9,12H2,1-5H3,(H,34,35)(H2,27,28,29)(H2,31,32,36). The van der Waals surface area contributed by atoms with Crippen LogP contribution in [0.25, 0.3) is 11.2 Å². The van der Waals surface area contributed by atoms with E-state index in [-0.39, 0.29) is 18.1 Å². The van der Waals surface area contributed by atoms with E-state index < -0.39 is 43.8 Å². The molecule has 0 saturated carbocycles. The molecule has 3 aromatic rings. The number of hydrogen-bond donors (Lipinski definition) is 4. The third-order valence-electron chi connectivity index (χ3n) is 5.76. The lowest BCUT2D eigenvalue weighted by Crippen LogP contribution is -2.48. The first-order valence-corrected chi connectivity index (χ1v) is 13.7. The zero-order valence-electron chi connectivity index (χ0n) is 22.0. The second-order valence-corrected chi connectivity index (χ2v) is 11.9. The number of anilines is 1. The number of carboxylic acids is 1. The number of ether oxygens (including phenoxy) is 2. The predicted molar refractivity (Wildman–Crippen MR) is 137 cm³/mol. The normalized spacial score (nSPS) is 15.6. The molecular formula is C23H31F3N7O5P. The molecule has 3 unspecified atom stereocenters. The number of aliphatic carboxylic acids is 1. The molecule has 2 heterocycles. The average molecular weight is 574 g/mol. The third-order valence-corrected chi connectivity index (χ3v) is 8.00. The van der Waals surface area contributed by atoms with Crippen molar-refractivity contribution in [2.45, 2.75) is 65.2 Å². The van der Waals surface area contributed by atoms with Gasteiger partial charge in [0.1, 0.15) is 29.5 Å². The molecule has 5 N–H and O–H groups in total. The first-order chi connectivity index (χ1) is 18.0. The molecule has 1 aromatic carbocycles. The van der Waals surface area contributed by atoms with Crippen molar-refractivity contribution in [2.24, 2.45) is 0 Å². The van der Waals surface area contributed by atoms with Crippen LogP contribution in [0, 0.1) is 6.92 Å². The van der Waals surface area contributed by atoms with Gasteiger partial charge in [0.25, 0.3) is 0 Å². The molecule has 0 radical (unpaired) electrons. The van der Waals surface area contributed by atoms with Crippen LogP contribution in [0.2, 0.25) is 0 Å². The van der Waals surface area contributed by atoms with Crippen LogP contribution in [0.3, 0.4) is 0 Å². The fourth-order valence-corrected chi connectivity index (χ4v) is 6.34. The molecule has 0 saturated heterocycles. The van der Waals surface area contributed by atoms with Crippen molar-refractivity contribution < 1.29 is 37.1 Å². The Kier molecular flexibility index (Phi) is 8.90. The number of imidazole rings is 1. The Morgan fingerprint density at radius 3 is 2.54 bits per heavy atom. The summed E-state index contributed by atoms with van der Waals surface area (Å²) in [5.74, 6) is -1.40. The van der Waals surface area contributed by atoms with Crippen LogP contribution in [0.15, 0.2) is 30.9 Å². The van der Waals surface area contributed by atoms with Crippen LogP contribution in [0.1, 0.15) is 44.9 Å². The van der Waals surface area contributed by atoms with E-state index in [2.05, 4.69) is 29.9 Å². The highest BCUT2D eigenvalue weighted by atomic mass is 31.2. The monoisotopic (exact) mass is 573 g/mol. The Hall–Kier alpha value is -3.26. The lowest BCUT2D eigenvalue weighted by molar-refractivity contribution is -0.274. The molecule has 0 amide bonds. The molecule has 2 aromatic heterocycles. The molecule has 0 aliphatic carbocycles. The minimum absolute atomic E-state index is 0.225. The summed E-state index contributed by atoms with van der Waals surface area (Å²) in [6.07, 6.45) is -2.91. The Balaban J connectivity index is 1.77. The number of aryl methyl sites for hydroxylation is 1. The van der Waals surface area contributed by atoms with Crippen molar-refractivity contribution in [3.05, 3.63) is 42.0 Å². The molecule has 0 aliphatic heterocycles. The van der Waals surface area contributed by atoms with Crippen LogP contribution >= 0.6 is 7.44 Å². The van der Waals surface area contributed by atoms with Gasteiger partial charge < -0.3 is 24.9 Å². The van der Waals surface area contributed by atoms with Gasteiger partial charge in [0.05, 0.1) is 19.0 Å². The number of nitrogens with zero attached hydrogens (tertiary/aromatic N) is 4. The summed E-state index contributed by atoms with van der Waals surface area (Å²) in [5.41, 5.74) is 6.13. The van der Waals surface area contributed by atoms with E-state index in [4.69, 9.17) is 10.5 Å². The van der Waals surface area contributed by atoms with Crippen LogP contribution < -0.4 is 20.6 Å². The number of halogens is 3. The van der Waals surface area contributed by atoms with E-state index in [0.717, 1.165) is 6.07 Å². The second-order valence-electron chi connectivity index (χ2n) is 9.63. The van der Waals surface area contributed by atoms with E-state index in [1.54, 1.807) is 25.3 Å². The lowest BCUT2D eigenvalue weighted by atomic mass is 10.0. The molecule has 12 nitrogen and oxygen atoms in total. The number of benzene rings is 1. The number of hydrogen-bond acceptors (Lipinski definition) is 8.